The van der Waals surface area contributed by atoms with Crippen LogP contribution in [0.1, 0.15) is 42.7 Å². The molecule has 11 heteroatoms. The summed E-state index contributed by atoms with van der Waals surface area (Å²) in [5.74, 6) is -6.86. The van der Waals surface area contributed by atoms with Crippen LogP contribution in [0.4, 0.5) is 23.2 Å². The average molecular weight is 455 g/mol. The molecule has 1 aromatic heterocycles. The van der Waals surface area contributed by atoms with Crippen molar-refractivity contribution in [1.29, 1.82) is 0 Å². The Kier molecular flexibility index (Phi) is 6.40. The van der Waals surface area contributed by atoms with E-state index in [1.165, 1.54) is 18.3 Å². The first-order valence-electron chi connectivity index (χ1n) is 9.59. The molecule has 172 valence electrons. The minimum absolute atomic E-state index is 0.0892. The SMILES string of the molecule is C[C@H]1[C@@H](c2ccc(F)c(F)c2OC(F)F)[C@@H](C(=O)Nc2ccnc(C(N)=O)c2)OC1(C)C. The molecular weight excluding hydrogens is 434 g/mol. The third-order valence-corrected chi connectivity index (χ3v) is 5.58. The van der Waals surface area contributed by atoms with E-state index in [-0.39, 0.29) is 16.9 Å². The molecular formula is C21H21F4N3O4. The lowest BCUT2D eigenvalue weighted by Crippen LogP contribution is -2.33. The molecule has 1 fully saturated rings. The summed E-state index contributed by atoms with van der Waals surface area (Å²) in [6.45, 7) is 1.65. The van der Waals surface area contributed by atoms with Gasteiger partial charge in [-0.15, -0.1) is 0 Å². The van der Waals surface area contributed by atoms with E-state index in [9.17, 15) is 27.2 Å². The molecule has 2 aromatic rings. The van der Waals surface area contributed by atoms with Gasteiger partial charge in [-0.2, -0.15) is 13.2 Å². The van der Waals surface area contributed by atoms with Crippen LogP contribution in [0, 0.1) is 17.6 Å². The Labute approximate surface area is 180 Å². The molecule has 3 atom stereocenters. The number of nitrogens with one attached hydrogen (secondary N) is 1. The van der Waals surface area contributed by atoms with Crippen molar-refractivity contribution in [1.82, 2.24) is 4.98 Å². The summed E-state index contributed by atoms with van der Waals surface area (Å²) in [5, 5.41) is 2.55. The highest BCUT2D eigenvalue weighted by molar-refractivity contribution is 5.97. The number of primary amides is 1. The van der Waals surface area contributed by atoms with Gasteiger partial charge in [0.15, 0.2) is 11.6 Å². The van der Waals surface area contributed by atoms with E-state index in [0.29, 0.717) is 0 Å². The number of pyridine rings is 1. The molecule has 0 saturated carbocycles. The number of anilines is 1. The molecule has 3 rings (SSSR count). The predicted molar refractivity (Wildman–Crippen MR) is 105 cm³/mol. The minimum Gasteiger partial charge on any atom is -0.431 e. The van der Waals surface area contributed by atoms with Crippen molar-refractivity contribution >= 4 is 17.5 Å². The number of amides is 2. The van der Waals surface area contributed by atoms with E-state index in [1.54, 1.807) is 20.8 Å². The number of alkyl halides is 2. The van der Waals surface area contributed by atoms with E-state index < -0.39 is 59.4 Å². The maximum Gasteiger partial charge on any atom is 0.387 e. The standard InChI is InChI=1S/C21H21F4N3O4/c1-9-14(11-4-5-12(22)15(23)16(11)31-20(24)25)17(32-21(9,2)3)19(30)28-10-6-7-27-13(8-10)18(26)29/h4-9,14,17,20H,1-3H3,(H2,26,29)(H,27,28,30)/t9-,14-,17-/m0/s1. The van der Waals surface area contributed by atoms with E-state index >= 15 is 0 Å². The lowest BCUT2D eigenvalue weighted by atomic mass is 9.78. The molecule has 2 heterocycles. The number of halogens is 4. The molecule has 1 aliphatic rings. The highest BCUT2D eigenvalue weighted by atomic mass is 19.3. The van der Waals surface area contributed by atoms with Crippen LogP contribution in [0.5, 0.6) is 5.75 Å². The van der Waals surface area contributed by atoms with Gasteiger partial charge < -0.3 is 20.5 Å². The fourth-order valence-corrected chi connectivity index (χ4v) is 3.73. The third kappa shape index (κ3) is 4.52. The van der Waals surface area contributed by atoms with Gasteiger partial charge in [0, 0.05) is 23.4 Å². The van der Waals surface area contributed by atoms with Gasteiger partial charge in [-0.05, 0) is 38.0 Å². The first-order valence-corrected chi connectivity index (χ1v) is 9.59. The van der Waals surface area contributed by atoms with E-state index in [2.05, 4.69) is 15.0 Å². The largest absolute Gasteiger partial charge is 0.431 e. The third-order valence-electron chi connectivity index (χ3n) is 5.58. The van der Waals surface area contributed by atoms with Crippen molar-refractivity contribution in [3.63, 3.8) is 0 Å². The summed E-state index contributed by atoms with van der Waals surface area (Å²) in [4.78, 5) is 28.2. The van der Waals surface area contributed by atoms with Crippen molar-refractivity contribution in [2.45, 2.75) is 45.0 Å². The quantitative estimate of drug-likeness (QED) is 0.648. The van der Waals surface area contributed by atoms with Crippen LogP contribution in [0.25, 0.3) is 0 Å². The summed E-state index contributed by atoms with van der Waals surface area (Å²) < 4.78 is 64.1. The average Bonchev–Trinajstić information content (AvgIpc) is 2.95. The Hall–Kier alpha value is -3.21. The summed E-state index contributed by atoms with van der Waals surface area (Å²) in [6, 6.07) is 4.53. The number of aromatic nitrogens is 1. The molecule has 0 unspecified atom stereocenters. The second-order valence-corrected chi connectivity index (χ2v) is 7.90. The smallest absolute Gasteiger partial charge is 0.387 e. The number of carbonyl (C=O) groups is 2. The van der Waals surface area contributed by atoms with Crippen molar-refractivity contribution < 1.29 is 36.6 Å². The highest BCUT2D eigenvalue weighted by Crippen LogP contribution is 2.49. The molecule has 1 aliphatic heterocycles. The first-order chi connectivity index (χ1) is 14.9. The van der Waals surface area contributed by atoms with Gasteiger partial charge in [0.1, 0.15) is 11.8 Å². The van der Waals surface area contributed by atoms with Gasteiger partial charge in [0.05, 0.1) is 5.60 Å². The normalized spacial score (nSPS) is 22.1. The van der Waals surface area contributed by atoms with E-state index in [4.69, 9.17) is 10.5 Å². The molecule has 0 aliphatic carbocycles. The zero-order valence-corrected chi connectivity index (χ0v) is 17.4. The van der Waals surface area contributed by atoms with Gasteiger partial charge in [0.25, 0.3) is 11.8 Å². The zero-order chi connectivity index (χ0) is 23.8. The molecule has 7 nitrogen and oxygen atoms in total. The number of rotatable bonds is 6. The molecule has 1 aromatic carbocycles. The Bertz CT molecular complexity index is 1050. The lowest BCUT2D eigenvalue weighted by molar-refractivity contribution is -0.131. The van der Waals surface area contributed by atoms with Crippen molar-refractivity contribution in [2.75, 3.05) is 5.32 Å². The Balaban J connectivity index is 2.01. The number of hydrogen-bond donors (Lipinski definition) is 2. The van der Waals surface area contributed by atoms with Gasteiger partial charge in [-0.25, -0.2) is 4.39 Å². The summed E-state index contributed by atoms with van der Waals surface area (Å²) in [5.41, 5.74) is 4.24. The molecule has 0 radical (unpaired) electrons. The highest BCUT2D eigenvalue weighted by Gasteiger charge is 2.51. The number of carbonyl (C=O) groups excluding carboxylic acids is 2. The molecule has 0 bridgehead atoms. The predicted octanol–water partition coefficient (Wildman–Crippen LogP) is 3.60. The number of ether oxygens (including phenoxy) is 2. The maximum absolute atomic E-state index is 14.4. The fraction of sp³-hybridized carbons (Fsp3) is 0.381. The van der Waals surface area contributed by atoms with Gasteiger partial charge in [0.2, 0.25) is 5.82 Å². The van der Waals surface area contributed by atoms with Crippen LogP contribution < -0.4 is 15.8 Å². The Morgan fingerprint density at radius 3 is 2.56 bits per heavy atom. The van der Waals surface area contributed by atoms with Crippen LogP contribution in [-0.4, -0.2) is 35.1 Å². The second kappa shape index (κ2) is 8.73. The van der Waals surface area contributed by atoms with Crippen LogP contribution in [0.3, 0.4) is 0 Å². The van der Waals surface area contributed by atoms with Crippen LogP contribution in [0.2, 0.25) is 0 Å². The van der Waals surface area contributed by atoms with Crippen LogP contribution in [0.15, 0.2) is 30.5 Å². The summed E-state index contributed by atoms with van der Waals surface area (Å²) >= 11 is 0. The van der Waals surface area contributed by atoms with Crippen LogP contribution in [-0.2, 0) is 9.53 Å². The van der Waals surface area contributed by atoms with Gasteiger partial charge >= 0.3 is 6.61 Å². The van der Waals surface area contributed by atoms with Crippen molar-refractivity contribution in [2.24, 2.45) is 11.7 Å². The molecule has 0 spiro atoms. The van der Waals surface area contributed by atoms with Crippen molar-refractivity contribution in [3.05, 3.63) is 53.4 Å². The summed E-state index contributed by atoms with van der Waals surface area (Å²) in [7, 11) is 0. The topological polar surface area (TPSA) is 104 Å². The molecule has 1 saturated heterocycles. The fourth-order valence-electron chi connectivity index (χ4n) is 3.73. The minimum atomic E-state index is -3.41. The number of nitrogens with zero attached hydrogens (tertiary/aromatic N) is 1. The number of benzene rings is 1. The summed E-state index contributed by atoms with van der Waals surface area (Å²) in [6.07, 6.45) is -0.00536. The van der Waals surface area contributed by atoms with Gasteiger partial charge in [-0.3, -0.25) is 14.6 Å². The maximum atomic E-state index is 14.4. The monoisotopic (exact) mass is 455 g/mol. The molecule has 2 amide bonds. The van der Waals surface area contributed by atoms with Gasteiger partial charge in [-0.1, -0.05) is 13.0 Å². The second-order valence-electron chi connectivity index (χ2n) is 7.90. The van der Waals surface area contributed by atoms with Crippen molar-refractivity contribution in [3.8, 4) is 5.75 Å². The first kappa shape index (κ1) is 23.5. The Morgan fingerprint density at radius 2 is 1.94 bits per heavy atom. The van der Waals surface area contributed by atoms with Crippen LogP contribution >= 0.6 is 0 Å². The van der Waals surface area contributed by atoms with E-state index in [1.807, 2.05) is 0 Å². The number of hydrogen-bond acceptors (Lipinski definition) is 5. The zero-order valence-electron chi connectivity index (χ0n) is 17.4. The lowest BCUT2D eigenvalue weighted by Gasteiger charge is -2.26. The molecule has 32 heavy (non-hydrogen) atoms. The number of nitrogens with two attached hydrogens (primary N) is 1. The van der Waals surface area contributed by atoms with E-state index in [0.717, 1.165) is 12.1 Å². The molecule has 3 N–H and O–H groups in total. The Morgan fingerprint density at radius 1 is 1.25 bits per heavy atom.